The third-order valence-corrected chi connectivity index (χ3v) is 4.41. The number of fused-ring (bicyclic) bond motifs is 1. The summed E-state index contributed by atoms with van der Waals surface area (Å²) in [4.78, 5) is 23.0. The fourth-order valence-electron chi connectivity index (χ4n) is 2.97. The maximum Gasteiger partial charge on any atom is 0.261 e. The van der Waals surface area contributed by atoms with Crippen LogP contribution in [-0.2, 0) is 17.9 Å². The molecule has 0 saturated carbocycles. The molecule has 7 heteroatoms. The Morgan fingerprint density at radius 2 is 2.00 bits per heavy atom. The van der Waals surface area contributed by atoms with E-state index in [1.165, 1.54) is 0 Å². The molecular weight excluding hydrogens is 356 g/mol. The minimum Gasteiger partial charge on any atom is -0.482 e. The van der Waals surface area contributed by atoms with E-state index in [4.69, 9.17) is 9.47 Å². The topological polar surface area (TPSA) is 76.6 Å². The van der Waals surface area contributed by atoms with Gasteiger partial charge in [0.1, 0.15) is 17.3 Å². The highest BCUT2D eigenvalue weighted by Gasteiger charge is 2.23. The molecule has 0 aliphatic carbocycles. The number of hydrogen-bond acceptors (Lipinski definition) is 6. The Morgan fingerprint density at radius 1 is 1.14 bits per heavy atom. The lowest BCUT2D eigenvalue weighted by Gasteiger charge is -2.19. The van der Waals surface area contributed by atoms with E-state index in [0.29, 0.717) is 36.2 Å². The minimum atomic E-state index is -0.0595. The van der Waals surface area contributed by atoms with Gasteiger partial charge in [0.15, 0.2) is 6.61 Å². The number of nitrogens with one attached hydrogen (secondary N) is 1. The van der Waals surface area contributed by atoms with Gasteiger partial charge in [-0.15, -0.1) is 0 Å². The molecular formula is C21H20N4O3. The van der Waals surface area contributed by atoms with E-state index in [-0.39, 0.29) is 12.5 Å². The lowest BCUT2D eigenvalue weighted by atomic mass is 10.2. The van der Waals surface area contributed by atoms with Gasteiger partial charge in [-0.2, -0.15) is 0 Å². The second-order valence-electron chi connectivity index (χ2n) is 6.38. The van der Waals surface area contributed by atoms with Gasteiger partial charge in [-0.25, -0.2) is 9.97 Å². The van der Waals surface area contributed by atoms with Crippen molar-refractivity contribution in [3.63, 3.8) is 0 Å². The molecule has 1 amide bonds. The number of amides is 1. The summed E-state index contributed by atoms with van der Waals surface area (Å²) in [7, 11) is 1.58. The maximum atomic E-state index is 12.5. The summed E-state index contributed by atoms with van der Waals surface area (Å²) in [6, 6.07) is 17.2. The highest BCUT2D eigenvalue weighted by molar-refractivity contribution is 5.78. The smallest absolute Gasteiger partial charge is 0.261 e. The second-order valence-corrected chi connectivity index (χ2v) is 6.38. The fraction of sp³-hybridized carbons (Fsp3) is 0.190. The van der Waals surface area contributed by atoms with Crippen LogP contribution in [0.2, 0.25) is 0 Å². The summed E-state index contributed by atoms with van der Waals surface area (Å²) in [5.74, 6) is 1.77. The normalized spacial score (nSPS) is 13.3. The number of benzene rings is 1. The van der Waals surface area contributed by atoms with Crippen LogP contribution in [0.15, 0.2) is 60.8 Å². The van der Waals surface area contributed by atoms with Crippen LogP contribution in [0.1, 0.15) is 11.3 Å². The van der Waals surface area contributed by atoms with Gasteiger partial charge >= 0.3 is 0 Å². The van der Waals surface area contributed by atoms with E-state index in [1.807, 2.05) is 48.5 Å². The van der Waals surface area contributed by atoms with Crippen molar-refractivity contribution >= 4 is 17.4 Å². The fourth-order valence-corrected chi connectivity index (χ4v) is 2.97. The lowest BCUT2D eigenvalue weighted by Crippen LogP contribution is -2.32. The molecule has 28 heavy (non-hydrogen) atoms. The lowest BCUT2D eigenvalue weighted by molar-refractivity contribution is -0.133. The van der Waals surface area contributed by atoms with Crippen LogP contribution in [0.5, 0.6) is 11.6 Å². The average Bonchev–Trinajstić information content (AvgIpc) is 2.88. The van der Waals surface area contributed by atoms with Crippen LogP contribution in [0, 0.1) is 0 Å². The molecule has 3 heterocycles. The second kappa shape index (κ2) is 7.96. The van der Waals surface area contributed by atoms with E-state index < -0.39 is 0 Å². The van der Waals surface area contributed by atoms with Crippen molar-refractivity contribution in [3.8, 4) is 11.6 Å². The van der Waals surface area contributed by atoms with Crippen LogP contribution in [-0.4, -0.2) is 34.5 Å². The van der Waals surface area contributed by atoms with E-state index in [1.54, 1.807) is 24.3 Å². The number of rotatable bonds is 5. The highest BCUT2D eigenvalue weighted by Crippen LogP contribution is 2.26. The molecule has 0 bridgehead atoms. The predicted molar refractivity (Wildman–Crippen MR) is 104 cm³/mol. The van der Waals surface area contributed by atoms with Gasteiger partial charge in [0.05, 0.1) is 25.5 Å². The molecule has 7 nitrogen and oxygen atoms in total. The quantitative estimate of drug-likeness (QED) is 0.737. The van der Waals surface area contributed by atoms with Gasteiger partial charge < -0.3 is 19.7 Å². The Kier molecular flexibility index (Phi) is 5.05. The zero-order valence-corrected chi connectivity index (χ0v) is 15.5. The van der Waals surface area contributed by atoms with Gasteiger partial charge in [0.25, 0.3) is 5.91 Å². The summed E-state index contributed by atoms with van der Waals surface area (Å²) < 4.78 is 10.7. The Labute approximate surface area is 163 Å². The number of pyridine rings is 2. The predicted octanol–water partition coefficient (Wildman–Crippen LogP) is 3.15. The van der Waals surface area contributed by atoms with Gasteiger partial charge in [0, 0.05) is 12.6 Å². The third kappa shape index (κ3) is 4.03. The average molecular weight is 376 g/mol. The van der Waals surface area contributed by atoms with Crippen LogP contribution < -0.4 is 14.8 Å². The highest BCUT2D eigenvalue weighted by atomic mass is 16.5. The number of aromatic nitrogens is 2. The molecule has 0 radical (unpaired) electrons. The van der Waals surface area contributed by atoms with Crippen molar-refractivity contribution in [2.45, 2.75) is 13.1 Å². The zero-order valence-electron chi connectivity index (χ0n) is 15.5. The first-order valence-electron chi connectivity index (χ1n) is 8.93. The molecule has 0 atom stereocenters. The molecule has 2 aromatic heterocycles. The standard InChI is InChI=1S/C21H20N4O3/c1-27-20-10-7-16(11-22-20)23-19-9-8-18-17(24-19)13-25(21(26)14-28-18)12-15-5-3-2-4-6-15/h2-11H,12-14H2,1H3,(H,23,24). The van der Waals surface area contributed by atoms with Gasteiger partial charge in [-0.3, -0.25) is 4.79 Å². The number of carbonyl (C=O) groups excluding carboxylic acids is 1. The molecule has 0 saturated heterocycles. The zero-order chi connectivity index (χ0) is 19.3. The van der Waals surface area contributed by atoms with Crippen LogP contribution in [0.25, 0.3) is 0 Å². The van der Waals surface area contributed by atoms with Crippen LogP contribution in [0.3, 0.4) is 0 Å². The number of carbonyl (C=O) groups is 1. The largest absolute Gasteiger partial charge is 0.482 e. The summed E-state index contributed by atoms with van der Waals surface area (Å²) in [5.41, 5.74) is 2.58. The number of ether oxygens (including phenoxy) is 2. The molecule has 142 valence electrons. The summed E-state index contributed by atoms with van der Waals surface area (Å²) >= 11 is 0. The first-order valence-corrected chi connectivity index (χ1v) is 8.93. The molecule has 1 aliphatic rings. The van der Waals surface area contributed by atoms with Gasteiger partial charge in [-0.05, 0) is 23.8 Å². The molecule has 1 aliphatic heterocycles. The first kappa shape index (κ1) is 17.8. The minimum absolute atomic E-state index is 0.0106. The number of methoxy groups -OCH3 is 1. The van der Waals surface area contributed by atoms with E-state index in [0.717, 1.165) is 11.3 Å². The molecule has 0 fully saturated rings. The Hall–Kier alpha value is -3.61. The van der Waals surface area contributed by atoms with Gasteiger partial charge in [-0.1, -0.05) is 30.3 Å². The van der Waals surface area contributed by atoms with Crippen molar-refractivity contribution in [1.82, 2.24) is 14.9 Å². The first-order chi connectivity index (χ1) is 13.7. The number of hydrogen-bond donors (Lipinski definition) is 1. The van der Waals surface area contributed by atoms with Crippen molar-refractivity contribution < 1.29 is 14.3 Å². The molecule has 0 spiro atoms. The Morgan fingerprint density at radius 3 is 2.75 bits per heavy atom. The monoisotopic (exact) mass is 376 g/mol. The van der Waals surface area contributed by atoms with Gasteiger partial charge in [0.2, 0.25) is 5.88 Å². The summed E-state index contributed by atoms with van der Waals surface area (Å²) in [5, 5.41) is 3.21. The molecule has 3 aromatic rings. The van der Waals surface area contributed by atoms with Crippen LogP contribution >= 0.6 is 0 Å². The Balaban J connectivity index is 1.53. The van der Waals surface area contributed by atoms with E-state index in [9.17, 15) is 4.79 Å². The molecule has 1 aromatic carbocycles. The molecule has 1 N–H and O–H groups in total. The Bertz CT molecular complexity index is 961. The molecule has 0 unspecified atom stereocenters. The van der Waals surface area contributed by atoms with Crippen molar-refractivity contribution in [3.05, 3.63) is 72.1 Å². The molecule has 4 rings (SSSR count). The van der Waals surface area contributed by atoms with Crippen molar-refractivity contribution in [2.24, 2.45) is 0 Å². The summed E-state index contributed by atoms with van der Waals surface area (Å²) in [6.45, 7) is 0.917. The SMILES string of the molecule is COc1ccc(Nc2ccc3c(n2)CN(Cc2ccccc2)C(=O)CO3)cn1. The number of anilines is 2. The van der Waals surface area contributed by atoms with Crippen molar-refractivity contribution in [1.29, 1.82) is 0 Å². The van der Waals surface area contributed by atoms with Crippen molar-refractivity contribution in [2.75, 3.05) is 19.0 Å². The van der Waals surface area contributed by atoms with E-state index >= 15 is 0 Å². The van der Waals surface area contributed by atoms with E-state index in [2.05, 4.69) is 15.3 Å². The maximum absolute atomic E-state index is 12.5. The third-order valence-electron chi connectivity index (χ3n) is 4.41. The summed E-state index contributed by atoms with van der Waals surface area (Å²) in [6.07, 6.45) is 1.67. The van der Waals surface area contributed by atoms with Crippen LogP contribution in [0.4, 0.5) is 11.5 Å². The number of nitrogens with zero attached hydrogens (tertiary/aromatic N) is 3.